The fourth-order valence-corrected chi connectivity index (χ4v) is 4.47. The molecule has 0 radical (unpaired) electrons. The highest BCUT2D eigenvalue weighted by atomic mass is 32.2. The second-order valence-electron chi connectivity index (χ2n) is 7.74. The van der Waals surface area contributed by atoms with Crippen LogP contribution >= 0.6 is 11.8 Å². The van der Waals surface area contributed by atoms with Crippen molar-refractivity contribution in [1.29, 1.82) is 0 Å². The lowest BCUT2D eigenvalue weighted by Crippen LogP contribution is -2.09. The number of Topliss-reactive ketones (excluding diaryl/α,β-unsaturated/α-hetero) is 1. The van der Waals surface area contributed by atoms with Gasteiger partial charge >= 0.3 is 0 Å². The van der Waals surface area contributed by atoms with Gasteiger partial charge in [-0.2, -0.15) is 0 Å². The van der Waals surface area contributed by atoms with Gasteiger partial charge in [-0.05, 0) is 37.1 Å². The van der Waals surface area contributed by atoms with E-state index in [4.69, 9.17) is 4.74 Å². The molecule has 2 heterocycles. The molecule has 0 saturated carbocycles. The van der Waals surface area contributed by atoms with Crippen molar-refractivity contribution < 1.29 is 9.53 Å². The van der Waals surface area contributed by atoms with Crippen LogP contribution in [-0.2, 0) is 20.2 Å². The Morgan fingerprint density at radius 2 is 2.00 bits per heavy atom. The molecule has 0 N–H and O–H groups in total. The predicted molar refractivity (Wildman–Crippen MR) is 128 cm³/mol. The number of ketones is 1. The monoisotopic (exact) mass is 446 g/mol. The molecule has 0 amide bonds. The van der Waals surface area contributed by atoms with E-state index in [9.17, 15) is 4.79 Å². The van der Waals surface area contributed by atoms with Crippen molar-refractivity contribution >= 4 is 28.4 Å². The van der Waals surface area contributed by atoms with E-state index in [1.165, 1.54) is 11.8 Å². The summed E-state index contributed by atoms with van der Waals surface area (Å²) < 4.78 is 9.94. The number of hydrogen-bond donors (Lipinski definition) is 0. The smallest absolute Gasteiger partial charge is 0.192 e. The Morgan fingerprint density at radius 3 is 2.81 bits per heavy atom. The summed E-state index contributed by atoms with van der Waals surface area (Å²) in [6.45, 7) is 8.74. The van der Waals surface area contributed by atoms with Crippen molar-refractivity contribution in [3.63, 3.8) is 0 Å². The zero-order valence-corrected chi connectivity index (χ0v) is 19.4. The van der Waals surface area contributed by atoms with Gasteiger partial charge in [-0.1, -0.05) is 48.2 Å². The normalized spacial score (nSPS) is 11.1. The molecule has 0 fully saturated rings. The first-order chi connectivity index (χ1) is 15.5. The molecule has 0 bridgehead atoms. The van der Waals surface area contributed by atoms with Crippen molar-refractivity contribution in [2.75, 3.05) is 5.75 Å². The van der Waals surface area contributed by atoms with Crippen molar-refractivity contribution in [2.45, 2.75) is 32.2 Å². The summed E-state index contributed by atoms with van der Waals surface area (Å²) in [5.41, 5.74) is 3.98. The minimum Gasteiger partial charge on any atom is -0.485 e. The Kier molecular flexibility index (Phi) is 6.46. The van der Waals surface area contributed by atoms with Gasteiger partial charge in [0, 0.05) is 36.3 Å². The number of para-hydroxylation sites is 1. The van der Waals surface area contributed by atoms with Gasteiger partial charge in [0.05, 0.1) is 5.75 Å². The fraction of sp³-hybridized carbons (Fsp3) is 0.240. The van der Waals surface area contributed by atoms with Gasteiger partial charge < -0.3 is 9.30 Å². The number of hydrogen-bond acceptors (Lipinski definition) is 5. The van der Waals surface area contributed by atoms with Crippen LogP contribution in [0.15, 0.2) is 66.5 Å². The van der Waals surface area contributed by atoms with Gasteiger partial charge in [-0.25, -0.2) is 0 Å². The molecule has 0 aliphatic rings. The summed E-state index contributed by atoms with van der Waals surface area (Å²) >= 11 is 1.38. The third kappa shape index (κ3) is 4.48. The largest absolute Gasteiger partial charge is 0.485 e. The van der Waals surface area contributed by atoms with E-state index in [0.29, 0.717) is 24.1 Å². The molecule has 0 spiro atoms. The predicted octanol–water partition coefficient (Wildman–Crippen LogP) is 5.13. The van der Waals surface area contributed by atoms with Crippen molar-refractivity contribution in [1.82, 2.24) is 19.3 Å². The van der Waals surface area contributed by atoms with Crippen LogP contribution in [0.25, 0.3) is 10.9 Å². The van der Waals surface area contributed by atoms with E-state index in [1.54, 1.807) is 6.08 Å². The Balaban J connectivity index is 1.49. The second-order valence-corrected chi connectivity index (χ2v) is 8.68. The number of fused-ring (bicyclic) bond motifs is 1. The van der Waals surface area contributed by atoms with E-state index >= 15 is 0 Å². The molecule has 7 heteroatoms. The Labute approximate surface area is 191 Å². The number of carbonyl (C=O) groups is 1. The van der Waals surface area contributed by atoms with Crippen molar-refractivity contribution in [3.05, 3.63) is 83.8 Å². The minimum atomic E-state index is 0.0631. The van der Waals surface area contributed by atoms with E-state index in [2.05, 4.69) is 22.8 Å². The number of nitrogens with zero attached hydrogens (tertiary/aromatic N) is 4. The van der Waals surface area contributed by atoms with E-state index in [1.807, 2.05) is 72.6 Å². The number of ether oxygens (including phenoxy) is 1. The van der Waals surface area contributed by atoms with Gasteiger partial charge in [0.2, 0.25) is 0 Å². The molecule has 4 aromatic rings. The van der Waals surface area contributed by atoms with Gasteiger partial charge in [0.1, 0.15) is 12.4 Å². The van der Waals surface area contributed by atoms with Crippen molar-refractivity contribution in [3.8, 4) is 5.75 Å². The number of rotatable bonds is 9. The molecule has 0 saturated heterocycles. The molecule has 0 aliphatic heterocycles. The summed E-state index contributed by atoms with van der Waals surface area (Å²) in [4.78, 5) is 13.0. The lowest BCUT2D eigenvalue weighted by Gasteiger charge is -2.11. The standard InChI is InChI=1S/C25H26N4O2S/c1-5-12-29-24(15-31-23-13-17(2)10-11-18(23)3)26-27-25(29)32-16-22(30)20-14-28(4)21-9-7-6-8-19(20)21/h5-11,13-14H,1,12,15-16H2,2-4H3. The van der Waals surface area contributed by atoms with E-state index in [0.717, 1.165) is 33.3 Å². The fourth-order valence-electron chi connectivity index (χ4n) is 3.62. The molecular weight excluding hydrogens is 420 g/mol. The number of aromatic nitrogens is 4. The molecule has 6 nitrogen and oxygen atoms in total. The average Bonchev–Trinajstić information content (AvgIpc) is 3.34. The number of allylic oxidation sites excluding steroid dienone is 1. The maximum absolute atomic E-state index is 13.0. The Bertz CT molecular complexity index is 1290. The zero-order valence-electron chi connectivity index (χ0n) is 18.5. The molecule has 0 atom stereocenters. The van der Waals surface area contributed by atoms with Crippen LogP contribution in [0, 0.1) is 13.8 Å². The average molecular weight is 447 g/mol. The molecule has 2 aromatic carbocycles. The first-order valence-corrected chi connectivity index (χ1v) is 11.4. The first-order valence-electron chi connectivity index (χ1n) is 10.4. The quantitative estimate of drug-likeness (QED) is 0.203. The van der Waals surface area contributed by atoms with Crippen LogP contribution in [0.1, 0.15) is 27.3 Å². The van der Waals surface area contributed by atoms with Crippen molar-refractivity contribution in [2.24, 2.45) is 7.05 Å². The number of benzene rings is 2. The Hall–Kier alpha value is -3.32. The van der Waals surface area contributed by atoms with Crippen LogP contribution < -0.4 is 4.74 Å². The lowest BCUT2D eigenvalue weighted by molar-refractivity contribution is 0.102. The van der Waals surface area contributed by atoms with E-state index in [-0.39, 0.29) is 11.5 Å². The highest BCUT2D eigenvalue weighted by Gasteiger charge is 2.18. The third-order valence-electron chi connectivity index (χ3n) is 5.34. The van der Waals surface area contributed by atoms with Crippen LogP contribution in [0.3, 0.4) is 0 Å². The van der Waals surface area contributed by atoms with Gasteiger partial charge in [-0.3, -0.25) is 9.36 Å². The third-order valence-corrected chi connectivity index (χ3v) is 6.30. The maximum atomic E-state index is 13.0. The molecule has 4 rings (SSSR count). The molecule has 0 unspecified atom stereocenters. The molecule has 2 aromatic heterocycles. The topological polar surface area (TPSA) is 61.9 Å². The Morgan fingerprint density at radius 1 is 1.19 bits per heavy atom. The summed E-state index contributed by atoms with van der Waals surface area (Å²) in [7, 11) is 1.95. The van der Waals surface area contributed by atoms with Crippen LogP contribution in [0.2, 0.25) is 0 Å². The van der Waals surface area contributed by atoms with E-state index < -0.39 is 0 Å². The molecule has 32 heavy (non-hydrogen) atoms. The summed E-state index contributed by atoms with van der Waals surface area (Å²) in [6, 6.07) is 14.0. The minimum absolute atomic E-state index is 0.0631. The molecular formula is C25H26N4O2S. The van der Waals surface area contributed by atoms with Crippen LogP contribution in [0.5, 0.6) is 5.75 Å². The van der Waals surface area contributed by atoms with Gasteiger partial charge in [0.25, 0.3) is 0 Å². The highest BCUT2D eigenvalue weighted by Crippen LogP contribution is 2.25. The molecule has 164 valence electrons. The first kappa shape index (κ1) is 21.9. The van der Waals surface area contributed by atoms with Gasteiger partial charge in [-0.15, -0.1) is 16.8 Å². The highest BCUT2D eigenvalue weighted by molar-refractivity contribution is 7.99. The molecule has 0 aliphatic carbocycles. The summed E-state index contributed by atoms with van der Waals surface area (Å²) in [5.74, 6) is 1.87. The lowest BCUT2D eigenvalue weighted by atomic mass is 10.1. The zero-order chi connectivity index (χ0) is 22.7. The summed E-state index contributed by atoms with van der Waals surface area (Å²) in [5, 5.41) is 10.3. The number of thioether (sulfide) groups is 1. The SMILES string of the molecule is C=CCn1c(COc2cc(C)ccc2C)nnc1SCC(=O)c1cn(C)c2ccccc12. The number of carbonyl (C=O) groups excluding carboxylic acids is 1. The van der Waals surface area contributed by atoms with Gasteiger partial charge in [0.15, 0.2) is 16.8 Å². The number of aryl methyl sites for hydroxylation is 3. The second kappa shape index (κ2) is 9.44. The summed E-state index contributed by atoms with van der Waals surface area (Å²) in [6.07, 6.45) is 3.69. The maximum Gasteiger partial charge on any atom is 0.192 e. The van der Waals surface area contributed by atoms with Crippen LogP contribution in [-0.4, -0.2) is 30.9 Å². The van der Waals surface area contributed by atoms with Crippen LogP contribution in [0.4, 0.5) is 0 Å².